The SMILES string of the molecule is Cc1ccc2oc(-c3ccc(Br)c(N)c3)nc2c1. The third-order valence-electron chi connectivity index (χ3n) is 2.79. The van der Waals surface area contributed by atoms with Crippen molar-refractivity contribution in [1.82, 2.24) is 4.98 Å². The lowest BCUT2D eigenvalue weighted by molar-refractivity contribution is 0.620. The first kappa shape index (κ1) is 11.3. The van der Waals surface area contributed by atoms with Gasteiger partial charge in [0, 0.05) is 15.7 Å². The van der Waals surface area contributed by atoms with Crippen LogP contribution in [0, 0.1) is 6.92 Å². The number of anilines is 1. The molecule has 18 heavy (non-hydrogen) atoms. The minimum atomic E-state index is 0.592. The summed E-state index contributed by atoms with van der Waals surface area (Å²) in [6.07, 6.45) is 0. The number of oxazole rings is 1. The molecule has 3 aromatic rings. The van der Waals surface area contributed by atoms with Gasteiger partial charge in [0.1, 0.15) is 5.52 Å². The van der Waals surface area contributed by atoms with E-state index in [4.69, 9.17) is 10.2 Å². The zero-order valence-electron chi connectivity index (χ0n) is 9.77. The van der Waals surface area contributed by atoms with Crippen LogP contribution in [-0.4, -0.2) is 4.98 Å². The molecule has 0 atom stereocenters. The van der Waals surface area contributed by atoms with Crippen LogP contribution >= 0.6 is 15.9 Å². The summed E-state index contributed by atoms with van der Waals surface area (Å²) in [7, 11) is 0. The molecule has 0 aliphatic heterocycles. The van der Waals surface area contributed by atoms with Crippen molar-refractivity contribution in [2.45, 2.75) is 6.92 Å². The van der Waals surface area contributed by atoms with Crippen LogP contribution in [0.15, 0.2) is 45.3 Å². The molecule has 0 spiro atoms. The number of nitrogen functional groups attached to an aromatic ring is 1. The number of hydrogen-bond acceptors (Lipinski definition) is 3. The van der Waals surface area contributed by atoms with Gasteiger partial charge in [-0.1, -0.05) is 6.07 Å². The van der Waals surface area contributed by atoms with Crippen molar-refractivity contribution in [3.8, 4) is 11.5 Å². The van der Waals surface area contributed by atoms with Crippen LogP contribution in [0.5, 0.6) is 0 Å². The van der Waals surface area contributed by atoms with E-state index in [1.54, 1.807) is 0 Å². The van der Waals surface area contributed by atoms with E-state index in [-0.39, 0.29) is 0 Å². The molecule has 0 saturated heterocycles. The van der Waals surface area contributed by atoms with Crippen molar-refractivity contribution in [3.63, 3.8) is 0 Å². The van der Waals surface area contributed by atoms with Crippen LogP contribution in [0.3, 0.4) is 0 Å². The third-order valence-corrected chi connectivity index (χ3v) is 3.51. The number of aromatic nitrogens is 1. The molecule has 0 bridgehead atoms. The van der Waals surface area contributed by atoms with Gasteiger partial charge >= 0.3 is 0 Å². The van der Waals surface area contributed by atoms with Crippen molar-refractivity contribution in [2.75, 3.05) is 5.73 Å². The van der Waals surface area contributed by atoms with Crippen molar-refractivity contribution >= 4 is 32.7 Å². The number of fused-ring (bicyclic) bond motifs is 1. The van der Waals surface area contributed by atoms with E-state index in [1.165, 1.54) is 0 Å². The van der Waals surface area contributed by atoms with Crippen LogP contribution < -0.4 is 5.73 Å². The Hall–Kier alpha value is -1.81. The highest BCUT2D eigenvalue weighted by atomic mass is 79.9. The Morgan fingerprint density at radius 1 is 1.17 bits per heavy atom. The van der Waals surface area contributed by atoms with Crippen LogP contribution in [0.2, 0.25) is 0 Å². The maximum Gasteiger partial charge on any atom is 0.227 e. The molecular formula is C14H11BrN2O. The van der Waals surface area contributed by atoms with E-state index in [2.05, 4.69) is 20.9 Å². The van der Waals surface area contributed by atoms with Crippen LogP contribution in [0.4, 0.5) is 5.69 Å². The van der Waals surface area contributed by atoms with Gasteiger partial charge in [-0.05, 0) is 58.7 Å². The third kappa shape index (κ3) is 1.88. The van der Waals surface area contributed by atoms with E-state index >= 15 is 0 Å². The Balaban J connectivity index is 2.16. The van der Waals surface area contributed by atoms with Gasteiger partial charge in [0.25, 0.3) is 0 Å². The first-order chi connectivity index (χ1) is 8.63. The van der Waals surface area contributed by atoms with Crippen molar-refractivity contribution in [1.29, 1.82) is 0 Å². The molecule has 0 aliphatic carbocycles. The van der Waals surface area contributed by atoms with Crippen LogP contribution in [0.25, 0.3) is 22.6 Å². The lowest BCUT2D eigenvalue weighted by Gasteiger charge is -1.99. The number of nitrogens with zero attached hydrogens (tertiary/aromatic N) is 1. The van der Waals surface area contributed by atoms with E-state index in [1.807, 2.05) is 43.3 Å². The molecule has 3 rings (SSSR count). The standard InChI is InChI=1S/C14H11BrN2O/c1-8-2-5-13-12(6-8)17-14(18-13)9-3-4-10(15)11(16)7-9/h2-7H,16H2,1H3. The summed E-state index contributed by atoms with van der Waals surface area (Å²) >= 11 is 3.37. The highest BCUT2D eigenvalue weighted by molar-refractivity contribution is 9.10. The summed E-state index contributed by atoms with van der Waals surface area (Å²) in [5.41, 5.74) is 10.2. The molecular weight excluding hydrogens is 292 g/mol. The molecule has 0 fully saturated rings. The summed E-state index contributed by atoms with van der Waals surface area (Å²) < 4.78 is 6.60. The smallest absolute Gasteiger partial charge is 0.227 e. The topological polar surface area (TPSA) is 52.0 Å². The summed E-state index contributed by atoms with van der Waals surface area (Å²) in [6.45, 7) is 2.03. The predicted molar refractivity (Wildman–Crippen MR) is 76.3 cm³/mol. The minimum absolute atomic E-state index is 0.592. The Morgan fingerprint density at radius 2 is 2.00 bits per heavy atom. The maximum atomic E-state index is 5.86. The van der Waals surface area contributed by atoms with Crippen LogP contribution in [-0.2, 0) is 0 Å². The highest BCUT2D eigenvalue weighted by Gasteiger charge is 2.09. The average Bonchev–Trinajstić information content (AvgIpc) is 2.75. The fraction of sp³-hybridized carbons (Fsp3) is 0.0714. The van der Waals surface area contributed by atoms with E-state index in [9.17, 15) is 0 Å². The number of nitrogens with two attached hydrogens (primary N) is 1. The molecule has 2 aromatic carbocycles. The van der Waals surface area contributed by atoms with Gasteiger partial charge < -0.3 is 10.2 Å². The zero-order chi connectivity index (χ0) is 12.7. The van der Waals surface area contributed by atoms with Gasteiger partial charge in [-0.25, -0.2) is 4.98 Å². The number of rotatable bonds is 1. The molecule has 0 saturated carbocycles. The second-order valence-electron chi connectivity index (χ2n) is 4.23. The fourth-order valence-electron chi connectivity index (χ4n) is 1.84. The molecule has 0 aliphatic rings. The number of benzene rings is 2. The Morgan fingerprint density at radius 3 is 2.78 bits per heavy atom. The minimum Gasteiger partial charge on any atom is -0.436 e. The lowest BCUT2D eigenvalue weighted by atomic mass is 10.2. The van der Waals surface area contributed by atoms with Crippen molar-refractivity contribution in [3.05, 3.63) is 46.4 Å². The summed E-state index contributed by atoms with van der Waals surface area (Å²) in [5.74, 6) is 0.592. The zero-order valence-corrected chi connectivity index (χ0v) is 11.4. The normalized spacial score (nSPS) is 11.0. The Kier molecular flexibility index (Phi) is 2.59. The number of hydrogen-bond donors (Lipinski definition) is 1. The summed E-state index contributed by atoms with van der Waals surface area (Å²) in [5, 5.41) is 0. The molecule has 2 N–H and O–H groups in total. The van der Waals surface area contributed by atoms with Gasteiger partial charge in [0.2, 0.25) is 5.89 Å². The van der Waals surface area contributed by atoms with E-state index in [0.717, 1.165) is 26.7 Å². The van der Waals surface area contributed by atoms with Gasteiger partial charge in [0.15, 0.2) is 5.58 Å². The second-order valence-corrected chi connectivity index (χ2v) is 5.08. The van der Waals surface area contributed by atoms with Crippen molar-refractivity contribution in [2.24, 2.45) is 0 Å². The average molecular weight is 303 g/mol. The highest BCUT2D eigenvalue weighted by Crippen LogP contribution is 2.29. The first-order valence-electron chi connectivity index (χ1n) is 5.56. The quantitative estimate of drug-likeness (QED) is 0.687. The summed E-state index contributed by atoms with van der Waals surface area (Å²) in [4.78, 5) is 4.48. The molecule has 4 heteroatoms. The maximum absolute atomic E-state index is 5.86. The van der Waals surface area contributed by atoms with Gasteiger partial charge in [-0.2, -0.15) is 0 Å². The van der Waals surface area contributed by atoms with Gasteiger partial charge in [0.05, 0.1) is 0 Å². The van der Waals surface area contributed by atoms with Gasteiger partial charge in [-0.3, -0.25) is 0 Å². The molecule has 0 unspecified atom stereocenters. The van der Waals surface area contributed by atoms with Crippen LogP contribution in [0.1, 0.15) is 5.56 Å². The fourth-order valence-corrected chi connectivity index (χ4v) is 2.08. The molecule has 1 aromatic heterocycles. The van der Waals surface area contributed by atoms with E-state index in [0.29, 0.717) is 11.6 Å². The van der Waals surface area contributed by atoms with Crippen molar-refractivity contribution < 1.29 is 4.42 Å². The van der Waals surface area contributed by atoms with E-state index < -0.39 is 0 Å². The second kappa shape index (κ2) is 4.14. The molecule has 90 valence electrons. The molecule has 0 amide bonds. The Bertz CT molecular complexity index is 734. The summed E-state index contributed by atoms with van der Waals surface area (Å²) in [6, 6.07) is 11.6. The number of halogens is 1. The van der Waals surface area contributed by atoms with Gasteiger partial charge in [-0.15, -0.1) is 0 Å². The first-order valence-corrected chi connectivity index (χ1v) is 6.35. The molecule has 0 radical (unpaired) electrons. The molecule has 1 heterocycles. The largest absolute Gasteiger partial charge is 0.436 e. The Labute approximate surface area is 113 Å². The number of aryl methyl sites for hydroxylation is 1. The predicted octanol–water partition coefficient (Wildman–Crippen LogP) is 4.15. The lowest BCUT2D eigenvalue weighted by Crippen LogP contribution is -1.87. The monoisotopic (exact) mass is 302 g/mol. The molecule has 3 nitrogen and oxygen atoms in total.